The molecule has 4 nitrogen and oxygen atoms in total. The minimum atomic E-state index is 0.0428. The summed E-state index contributed by atoms with van der Waals surface area (Å²) in [7, 11) is 0. The average molecular weight is 269 g/mol. The third kappa shape index (κ3) is 1.86. The quantitative estimate of drug-likeness (QED) is 0.842. The highest BCUT2D eigenvalue weighted by atomic mass is 16.1. The maximum atomic E-state index is 11.7. The van der Waals surface area contributed by atoms with E-state index in [9.17, 15) is 4.79 Å². The van der Waals surface area contributed by atoms with Gasteiger partial charge in [-0.1, -0.05) is 13.3 Å². The van der Waals surface area contributed by atoms with Crippen molar-refractivity contribution in [3.05, 3.63) is 24.7 Å². The summed E-state index contributed by atoms with van der Waals surface area (Å²) in [5.74, 6) is 0.484. The van der Waals surface area contributed by atoms with Crippen LogP contribution in [0.4, 0.5) is 0 Å². The van der Waals surface area contributed by atoms with Crippen LogP contribution in [0.2, 0.25) is 0 Å². The number of hydrogen-bond donors (Lipinski definition) is 0. The lowest BCUT2D eigenvalue weighted by atomic mass is 9.69. The molecule has 2 aromatic heterocycles. The molecule has 2 aromatic rings. The molecule has 2 atom stereocenters. The van der Waals surface area contributed by atoms with Crippen molar-refractivity contribution in [2.24, 2.45) is 10.8 Å². The normalized spacial score (nSPS) is 33.0. The van der Waals surface area contributed by atoms with E-state index in [0.717, 1.165) is 36.7 Å². The van der Waals surface area contributed by atoms with E-state index in [1.54, 1.807) is 12.4 Å². The predicted octanol–water partition coefficient (Wildman–Crippen LogP) is 2.97. The first-order valence-electron chi connectivity index (χ1n) is 7.39. The third-order valence-corrected chi connectivity index (χ3v) is 5.07. The number of ketones is 1. The van der Waals surface area contributed by atoms with E-state index >= 15 is 0 Å². The molecule has 1 unspecified atom stereocenters. The maximum absolute atomic E-state index is 11.7. The van der Waals surface area contributed by atoms with Gasteiger partial charge in [-0.25, -0.2) is 0 Å². The van der Waals surface area contributed by atoms with Crippen LogP contribution in [0.15, 0.2) is 24.7 Å². The van der Waals surface area contributed by atoms with Crippen molar-refractivity contribution in [3.8, 4) is 0 Å². The number of carbonyl (C=O) groups is 1. The lowest BCUT2D eigenvalue weighted by Gasteiger charge is -2.37. The van der Waals surface area contributed by atoms with Crippen LogP contribution in [0, 0.1) is 10.8 Å². The minimum absolute atomic E-state index is 0.0428. The molecule has 4 heteroatoms. The van der Waals surface area contributed by atoms with Gasteiger partial charge in [0, 0.05) is 36.2 Å². The molecule has 1 spiro atoms. The molecule has 2 aliphatic carbocycles. The van der Waals surface area contributed by atoms with Gasteiger partial charge in [0.25, 0.3) is 0 Å². The Bertz CT molecular complexity index is 659. The van der Waals surface area contributed by atoms with Crippen LogP contribution in [-0.4, -0.2) is 20.5 Å². The van der Waals surface area contributed by atoms with Crippen molar-refractivity contribution >= 4 is 16.7 Å². The highest BCUT2D eigenvalue weighted by Gasteiger charge is 2.57. The van der Waals surface area contributed by atoms with Crippen molar-refractivity contribution < 1.29 is 4.79 Å². The van der Waals surface area contributed by atoms with E-state index in [2.05, 4.69) is 23.2 Å². The minimum Gasteiger partial charge on any atom is -0.299 e. The Labute approximate surface area is 118 Å². The van der Waals surface area contributed by atoms with Crippen molar-refractivity contribution in [3.63, 3.8) is 0 Å². The van der Waals surface area contributed by atoms with Crippen LogP contribution >= 0.6 is 0 Å². The molecule has 0 aliphatic heterocycles. The summed E-state index contributed by atoms with van der Waals surface area (Å²) in [5, 5.41) is 5.74. The summed E-state index contributed by atoms with van der Waals surface area (Å²) < 4.78 is 2.04. The summed E-state index contributed by atoms with van der Waals surface area (Å²) in [6.07, 6.45) is 11.0. The van der Waals surface area contributed by atoms with Crippen LogP contribution < -0.4 is 0 Å². The first-order chi connectivity index (χ1) is 9.59. The van der Waals surface area contributed by atoms with Gasteiger partial charge in [-0.3, -0.25) is 14.5 Å². The second-order valence-electron chi connectivity index (χ2n) is 6.98. The van der Waals surface area contributed by atoms with Gasteiger partial charge in [0.15, 0.2) is 0 Å². The lowest BCUT2D eigenvalue weighted by Crippen LogP contribution is -2.32. The Hall–Kier alpha value is -1.71. The van der Waals surface area contributed by atoms with Crippen molar-refractivity contribution in [2.45, 2.75) is 45.6 Å². The molecule has 4 rings (SSSR count). The molecule has 2 saturated carbocycles. The van der Waals surface area contributed by atoms with E-state index < -0.39 is 0 Å². The molecule has 2 fully saturated rings. The number of fused-ring (bicyclic) bond motifs is 1. The molecule has 0 amide bonds. The molecule has 0 bridgehead atoms. The largest absolute Gasteiger partial charge is 0.299 e. The zero-order valence-corrected chi connectivity index (χ0v) is 11.8. The van der Waals surface area contributed by atoms with E-state index in [-0.39, 0.29) is 10.8 Å². The number of Topliss-reactive ketones (excluding diaryl/α,β-unsaturated/α-hetero) is 1. The molecular formula is C16H19N3O. The smallest absolute Gasteiger partial charge is 0.140 e. The van der Waals surface area contributed by atoms with Gasteiger partial charge >= 0.3 is 0 Å². The van der Waals surface area contributed by atoms with Gasteiger partial charge in [0.05, 0.1) is 6.20 Å². The second kappa shape index (κ2) is 3.90. The summed E-state index contributed by atoms with van der Waals surface area (Å²) in [6.45, 7) is 3.21. The molecule has 0 N–H and O–H groups in total. The molecule has 0 radical (unpaired) electrons. The number of carbonyl (C=O) groups excluding carboxylic acids is 1. The summed E-state index contributed by atoms with van der Waals surface area (Å²) in [5.41, 5.74) is 1.19. The van der Waals surface area contributed by atoms with E-state index in [0.29, 0.717) is 5.78 Å². The highest BCUT2D eigenvalue weighted by Crippen LogP contribution is 2.58. The Kier molecular flexibility index (Phi) is 2.35. The van der Waals surface area contributed by atoms with Crippen molar-refractivity contribution in [1.82, 2.24) is 14.8 Å². The molecule has 2 heterocycles. The number of nitrogens with zero attached hydrogens (tertiary/aromatic N) is 3. The molecule has 0 aromatic carbocycles. The summed E-state index contributed by atoms with van der Waals surface area (Å²) in [6, 6.07) is 1.99. The Morgan fingerprint density at radius 2 is 2.25 bits per heavy atom. The van der Waals surface area contributed by atoms with Crippen LogP contribution in [0.1, 0.15) is 39.0 Å². The molecule has 20 heavy (non-hydrogen) atoms. The van der Waals surface area contributed by atoms with Crippen molar-refractivity contribution in [1.29, 1.82) is 0 Å². The zero-order chi connectivity index (χ0) is 13.8. The monoisotopic (exact) mass is 269 g/mol. The van der Waals surface area contributed by atoms with E-state index in [4.69, 9.17) is 0 Å². The topological polar surface area (TPSA) is 47.8 Å². The Balaban J connectivity index is 1.59. The van der Waals surface area contributed by atoms with Crippen LogP contribution in [0.5, 0.6) is 0 Å². The van der Waals surface area contributed by atoms with Crippen LogP contribution in [-0.2, 0) is 11.3 Å². The first-order valence-corrected chi connectivity index (χ1v) is 7.39. The van der Waals surface area contributed by atoms with E-state index in [1.165, 1.54) is 12.8 Å². The third-order valence-electron chi connectivity index (χ3n) is 5.07. The van der Waals surface area contributed by atoms with Gasteiger partial charge in [-0.15, -0.1) is 0 Å². The van der Waals surface area contributed by atoms with E-state index in [1.807, 2.05) is 10.7 Å². The summed E-state index contributed by atoms with van der Waals surface area (Å²) in [4.78, 5) is 15.8. The molecule has 2 aliphatic rings. The first kappa shape index (κ1) is 12.1. The SMILES string of the molecule is C[C@]1(Cn2cc3ccncc3n2)CCCC2(CC2=O)C1. The zero-order valence-electron chi connectivity index (χ0n) is 11.8. The lowest BCUT2D eigenvalue weighted by molar-refractivity contribution is -0.114. The maximum Gasteiger partial charge on any atom is 0.140 e. The molecular weight excluding hydrogens is 250 g/mol. The standard InChI is InChI=1S/C16H19N3O/c1-15(4-2-5-16(10-15)7-14(16)20)11-19-9-12-3-6-17-8-13(12)18-19/h3,6,8-9H,2,4-5,7,10-11H2,1H3/t15-,16?/m0/s1. The fourth-order valence-electron chi connectivity index (χ4n) is 4.02. The van der Waals surface area contributed by atoms with Gasteiger partial charge < -0.3 is 0 Å². The number of hydrogen-bond acceptors (Lipinski definition) is 3. The molecule has 104 valence electrons. The average Bonchev–Trinajstić information content (AvgIpc) is 2.84. The van der Waals surface area contributed by atoms with Gasteiger partial charge in [-0.2, -0.15) is 5.10 Å². The molecule has 0 saturated heterocycles. The Morgan fingerprint density at radius 3 is 3.00 bits per heavy atom. The van der Waals surface area contributed by atoms with Gasteiger partial charge in [0.2, 0.25) is 0 Å². The van der Waals surface area contributed by atoms with Gasteiger partial charge in [-0.05, 0) is 30.7 Å². The van der Waals surface area contributed by atoms with Crippen LogP contribution in [0.25, 0.3) is 10.9 Å². The fraction of sp³-hybridized carbons (Fsp3) is 0.562. The van der Waals surface area contributed by atoms with Crippen LogP contribution in [0.3, 0.4) is 0 Å². The number of pyridine rings is 1. The predicted molar refractivity (Wildman–Crippen MR) is 76.2 cm³/mol. The fourth-order valence-corrected chi connectivity index (χ4v) is 4.02. The Morgan fingerprint density at radius 1 is 1.40 bits per heavy atom. The van der Waals surface area contributed by atoms with Gasteiger partial charge in [0.1, 0.15) is 11.3 Å². The summed E-state index contributed by atoms with van der Waals surface area (Å²) >= 11 is 0. The highest BCUT2D eigenvalue weighted by molar-refractivity contribution is 6.00. The number of aromatic nitrogens is 3. The number of rotatable bonds is 2. The second-order valence-corrected chi connectivity index (χ2v) is 6.98. The van der Waals surface area contributed by atoms with Crippen molar-refractivity contribution in [2.75, 3.05) is 0 Å².